The van der Waals surface area contributed by atoms with Crippen molar-refractivity contribution in [2.75, 3.05) is 6.61 Å². The van der Waals surface area contributed by atoms with E-state index in [9.17, 15) is 4.39 Å². The number of aliphatic hydroxyl groups is 1. The van der Waals surface area contributed by atoms with Gasteiger partial charge in [-0.3, -0.25) is 0 Å². The fourth-order valence-corrected chi connectivity index (χ4v) is 3.42. The van der Waals surface area contributed by atoms with Crippen LogP contribution in [0.25, 0.3) is 0 Å². The van der Waals surface area contributed by atoms with Crippen molar-refractivity contribution in [1.29, 1.82) is 0 Å². The van der Waals surface area contributed by atoms with Crippen LogP contribution in [0.15, 0.2) is 29.2 Å². The van der Waals surface area contributed by atoms with Crippen molar-refractivity contribution < 1.29 is 9.50 Å². The molecule has 0 aromatic heterocycles. The standard InChI is InChI=1S/C12H16FNOS/c13-10-3-1-2-4-11(10)16-9-5-6-12(14,7-9)8-15/h1-4,9,15H,5-8,14H2. The third kappa shape index (κ3) is 2.56. The molecule has 16 heavy (non-hydrogen) atoms. The lowest BCUT2D eigenvalue weighted by Crippen LogP contribution is -2.40. The zero-order valence-corrected chi connectivity index (χ0v) is 9.84. The van der Waals surface area contributed by atoms with E-state index < -0.39 is 5.54 Å². The Kier molecular flexibility index (Phi) is 3.52. The molecule has 0 spiro atoms. The molecule has 88 valence electrons. The molecule has 0 saturated heterocycles. The SMILES string of the molecule is NC1(CO)CCC(Sc2ccccc2F)C1. The van der Waals surface area contributed by atoms with E-state index in [1.165, 1.54) is 17.8 Å². The number of nitrogens with two attached hydrogens (primary N) is 1. The first-order valence-corrected chi connectivity index (χ1v) is 6.32. The van der Waals surface area contributed by atoms with Crippen LogP contribution < -0.4 is 5.73 Å². The van der Waals surface area contributed by atoms with Gasteiger partial charge in [-0.15, -0.1) is 11.8 Å². The Bertz CT molecular complexity index is 374. The monoisotopic (exact) mass is 241 g/mol. The minimum Gasteiger partial charge on any atom is -0.394 e. The fraction of sp³-hybridized carbons (Fsp3) is 0.500. The Balaban J connectivity index is 2.00. The Labute approximate surface area is 99.0 Å². The molecule has 0 amide bonds. The van der Waals surface area contributed by atoms with Crippen molar-refractivity contribution >= 4 is 11.8 Å². The van der Waals surface area contributed by atoms with Crippen molar-refractivity contribution in [2.24, 2.45) is 5.73 Å². The number of hydrogen-bond donors (Lipinski definition) is 2. The number of rotatable bonds is 3. The van der Waals surface area contributed by atoms with Crippen LogP contribution in [-0.4, -0.2) is 22.5 Å². The molecule has 2 rings (SSSR count). The van der Waals surface area contributed by atoms with Crippen molar-refractivity contribution in [3.63, 3.8) is 0 Å². The maximum Gasteiger partial charge on any atom is 0.136 e. The van der Waals surface area contributed by atoms with Crippen molar-refractivity contribution in [3.05, 3.63) is 30.1 Å². The summed E-state index contributed by atoms with van der Waals surface area (Å²) in [6.45, 7) is 0.0152. The molecule has 0 radical (unpaired) electrons. The molecule has 1 saturated carbocycles. The van der Waals surface area contributed by atoms with Gasteiger partial charge in [0.2, 0.25) is 0 Å². The molecule has 3 N–H and O–H groups in total. The molecule has 0 bridgehead atoms. The minimum atomic E-state index is -0.455. The minimum absolute atomic E-state index is 0.0152. The molecule has 1 aromatic carbocycles. The summed E-state index contributed by atoms with van der Waals surface area (Å²) in [5, 5.41) is 9.47. The van der Waals surface area contributed by atoms with Crippen molar-refractivity contribution in [3.8, 4) is 0 Å². The summed E-state index contributed by atoms with van der Waals surface area (Å²) in [5.74, 6) is -0.175. The van der Waals surface area contributed by atoms with E-state index >= 15 is 0 Å². The van der Waals surface area contributed by atoms with Crippen LogP contribution in [0.4, 0.5) is 4.39 Å². The molecule has 0 heterocycles. The lowest BCUT2D eigenvalue weighted by molar-refractivity contribution is 0.200. The molecular weight excluding hydrogens is 225 g/mol. The van der Waals surface area contributed by atoms with Gasteiger partial charge in [-0.25, -0.2) is 4.39 Å². The molecule has 0 aliphatic heterocycles. The highest BCUT2D eigenvalue weighted by Gasteiger charge is 2.35. The van der Waals surface area contributed by atoms with E-state index in [0.717, 1.165) is 19.3 Å². The van der Waals surface area contributed by atoms with Crippen LogP contribution in [0.2, 0.25) is 0 Å². The first kappa shape index (κ1) is 11.9. The Morgan fingerprint density at radius 1 is 1.50 bits per heavy atom. The molecular formula is C12H16FNOS. The highest BCUT2D eigenvalue weighted by Crippen LogP contribution is 2.39. The summed E-state index contributed by atoms with van der Waals surface area (Å²) in [7, 11) is 0. The molecule has 1 aliphatic rings. The average Bonchev–Trinajstić information content (AvgIpc) is 2.65. The summed E-state index contributed by atoms with van der Waals surface area (Å²) in [4.78, 5) is 0.676. The topological polar surface area (TPSA) is 46.2 Å². The summed E-state index contributed by atoms with van der Waals surface area (Å²) >= 11 is 1.53. The first-order chi connectivity index (χ1) is 7.63. The van der Waals surface area contributed by atoms with E-state index in [0.29, 0.717) is 10.1 Å². The summed E-state index contributed by atoms with van der Waals surface area (Å²) in [6, 6.07) is 6.78. The first-order valence-electron chi connectivity index (χ1n) is 5.44. The quantitative estimate of drug-likeness (QED) is 0.852. The average molecular weight is 241 g/mol. The number of halogens is 1. The second-order valence-electron chi connectivity index (χ2n) is 4.43. The smallest absolute Gasteiger partial charge is 0.136 e. The Morgan fingerprint density at radius 2 is 2.25 bits per heavy atom. The molecule has 1 fully saturated rings. The van der Waals surface area contributed by atoms with Gasteiger partial charge in [-0.1, -0.05) is 12.1 Å². The predicted molar refractivity (Wildman–Crippen MR) is 63.9 cm³/mol. The van der Waals surface area contributed by atoms with Crippen LogP contribution >= 0.6 is 11.8 Å². The maximum absolute atomic E-state index is 13.4. The summed E-state index contributed by atoms with van der Waals surface area (Å²) < 4.78 is 13.4. The number of hydrogen-bond acceptors (Lipinski definition) is 3. The van der Waals surface area contributed by atoms with Gasteiger partial charge in [-0.2, -0.15) is 0 Å². The summed E-state index contributed by atoms with van der Waals surface area (Å²) in [6.07, 6.45) is 2.51. The Morgan fingerprint density at radius 3 is 2.88 bits per heavy atom. The van der Waals surface area contributed by atoms with Gasteiger partial charge in [0, 0.05) is 15.7 Å². The van der Waals surface area contributed by atoms with Gasteiger partial charge >= 0.3 is 0 Å². The zero-order valence-electron chi connectivity index (χ0n) is 9.03. The van der Waals surface area contributed by atoms with Gasteiger partial charge in [0.05, 0.1) is 6.61 Å². The zero-order chi connectivity index (χ0) is 11.6. The van der Waals surface area contributed by atoms with E-state index in [1.54, 1.807) is 12.1 Å². The summed E-state index contributed by atoms with van der Waals surface area (Å²) in [5.41, 5.74) is 5.53. The van der Waals surface area contributed by atoms with Gasteiger partial charge in [-0.05, 0) is 31.4 Å². The van der Waals surface area contributed by atoms with Crippen molar-refractivity contribution in [1.82, 2.24) is 0 Å². The van der Waals surface area contributed by atoms with Gasteiger partial charge < -0.3 is 10.8 Å². The molecule has 2 unspecified atom stereocenters. The second-order valence-corrected chi connectivity index (χ2v) is 5.78. The van der Waals surface area contributed by atoms with Gasteiger partial charge in [0.25, 0.3) is 0 Å². The largest absolute Gasteiger partial charge is 0.394 e. The fourth-order valence-electron chi connectivity index (χ4n) is 2.07. The third-order valence-corrected chi connectivity index (χ3v) is 4.36. The lowest BCUT2D eigenvalue weighted by atomic mass is 10.0. The molecule has 1 aromatic rings. The van der Waals surface area contributed by atoms with Crippen LogP contribution in [0, 0.1) is 5.82 Å². The van der Waals surface area contributed by atoms with E-state index in [1.807, 2.05) is 6.07 Å². The van der Waals surface area contributed by atoms with Crippen LogP contribution in [0.1, 0.15) is 19.3 Å². The number of thioether (sulfide) groups is 1. The highest BCUT2D eigenvalue weighted by atomic mass is 32.2. The molecule has 4 heteroatoms. The van der Waals surface area contributed by atoms with Crippen LogP contribution in [0.5, 0.6) is 0 Å². The normalized spacial score (nSPS) is 29.6. The second kappa shape index (κ2) is 4.73. The molecule has 2 atom stereocenters. The molecule has 1 aliphatic carbocycles. The maximum atomic E-state index is 13.4. The van der Waals surface area contributed by atoms with Gasteiger partial charge in [0.1, 0.15) is 5.82 Å². The third-order valence-electron chi connectivity index (χ3n) is 3.04. The highest BCUT2D eigenvalue weighted by molar-refractivity contribution is 8.00. The van der Waals surface area contributed by atoms with Crippen LogP contribution in [0.3, 0.4) is 0 Å². The van der Waals surface area contributed by atoms with Crippen molar-refractivity contribution in [2.45, 2.75) is 34.9 Å². The number of benzene rings is 1. The predicted octanol–water partition coefficient (Wildman–Crippen LogP) is 2.16. The van der Waals surface area contributed by atoms with Crippen LogP contribution in [-0.2, 0) is 0 Å². The Hall–Kier alpha value is -0.580. The molecule has 2 nitrogen and oxygen atoms in total. The van der Waals surface area contributed by atoms with Gasteiger partial charge in [0.15, 0.2) is 0 Å². The van der Waals surface area contributed by atoms with E-state index in [4.69, 9.17) is 10.8 Å². The number of aliphatic hydroxyl groups excluding tert-OH is 1. The van der Waals surface area contributed by atoms with E-state index in [-0.39, 0.29) is 12.4 Å². The van der Waals surface area contributed by atoms with E-state index in [2.05, 4.69) is 0 Å². The lowest BCUT2D eigenvalue weighted by Gasteiger charge is -2.20.